The molecule has 4 rings (SSSR count). The van der Waals surface area contributed by atoms with Crippen molar-refractivity contribution >= 4 is 33.3 Å². The number of aromatic nitrogens is 2. The topological polar surface area (TPSA) is 55.1 Å². The van der Waals surface area contributed by atoms with Crippen molar-refractivity contribution in [3.63, 3.8) is 0 Å². The fourth-order valence-electron chi connectivity index (χ4n) is 4.11. The molecule has 0 saturated heterocycles. The van der Waals surface area contributed by atoms with Gasteiger partial charge in [-0.1, -0.05) is 31.5 Å². The van der Waals surface area contributed by atoms with E-state index in [2.05, 4.69) is 6.92 Å². The summed E-state index contributed by atoms with van der Waals surface area (Å²) in [5, 5.41) is 10.9. The van der Waals surface area contributed by atoms with Crippen LogP contribution in [0.2, 0.25) is 0 Å². The minimum absolute atomic E-state index is 0.113. The molecule has 0 radical (unpaired) electrons. The zero-order chi connectivity index (χ0) is 16.7. The lowest BCUT2D eigenvalue weighted by atomic mass is 9.89. The summed E-state index contributed by atoms with van der Waals surface area (Å²) < 4.78 is 1.96. The molecule has 2 aromatic heterocycles. The molecule has 1 atom stereocenters. The molecule has 1 N–H and O–H groups in total. The molecule has 0 aromatic carbocycles. The molecule has 2 aromatic rings. The molecule has 1 saturated carbocycles. The van der Waals surface area contributed by atoms with Gasteiger partial charge in [0.05, 0.1) is 12.0 Å². The molecule has 0 unspecified atom stereocenters. The SMILES string of the molecule is C[C@@H]1CCc2c(sc3nc(SCCO)n(C4CCCC4)c(=O)c23)C1. The van der Waals surface area contributed by atoms with Gasteiger partial charge in [0.2, 0.25) is 0 Å². The highest BCUT2D eigenvalue weighted by atomic mass is 32.2. The van der Waals surface area contributed by atoms with E-state index in [-0.39, 0.29) is 18.2 Å². The fraction of sp³-hybridized carbons (Fsp3) is 0.667. The Balaban J connectivity index is 1.90. The summed E-state index contributed by atoms with van der Waals surface area (Å²) >= 11 is 3.23. The Morgan fingerprint density at radius 1 is 1.33 bits per heavy atom. The van der Waals surface area contributed by atoms with E-state index in [1.807, 2.05) is 4.57 Å². The fourth-order valence-corrected chi connectivity index (χ4v) is 6.34. The van der Waals surface area contributed by atoms with Crippen LogP contribution >= 0.6 is 23.1 Å². The molecule has 2 heterocycles. The van der Waals surface area contributed by atoms with E-state index in [0.717, 1.165) is 41.1 Å². The molecule has 0 amide bonds. The van der Waals surface area contributed by atoms with E-state index < -0.39 is 0 Å². The van der Waals surface area contributed by atoms with Crippen LogP contribution in [0.4, 0.5) is 0 Å². The molecule has 0 aliphatic heterocycles. The third-order valence-electron chi connectivity index (χ3n) is 5.34. The molecule has 130 valence electrons. The lowest BCUT2D eigenvalue weighted by molar-refractivity contribution is 0.322. The lowest BCUT2D eigenvalue weighted by Crippen LogP contribution is -2.27. The lowest BCUT2D eigenvalue weighted by Gasteiger charge is -2.19. The Kier molecular flexibility index (Phi) is 4.71. The van der Waals surface area contributed by atoms with Crippen molar-refractivity contribution in [3.05, 3.63) is 20.8 Å². The third kappa shape index (κ3) is 2.82. The van der Waals surface area contributed by atoms with Gasteiger partial charge < -0.3 is 5.11 Å². The first kappa shape index (κ1) is 16.6. The van der Waals surface area contributed by atoms with Gasteiger partial charge in [0, 0.05) is 16.7 Å². The zero-order valence-corrected chi connectivity index (χ0v) is 15.7. The van der Waals surface area contributed by atoms with E-state index in [4.69, 9.17) is 4.98 Å². The first-order valence-electron chi connectivity index (χ1n) is 8.99. The van der Waals surface area contributed by atoms with E-state index in [0.29, 0.717) is 11.7 Å². The molecule has 1 fully saturated rings. The van der Waals surface area contributed by atoms with Crippen molar-refractivity contribution in [2.24, 2.45) is 5.92 Å². The third-order valence-corrected chi connectivity index (χ3v) is 7.42. The number of thiophene rings is 1. The number of rotatable bonds is 4. The summed E-state index contributed by atoms with van der Waals surface area (Å²) in [6.45, 7) is 2.40. The van der Waals surface area contributed by atoms with Crippen molar-refractivity contribution in [1.82, 2.24) is 9.55 Å². The number of aliphatic hydroxyl groups excluding tert-OH is 1. The average Bonchev–Trinajstić information content (AvgIpc) is 3.19. The molecular weight excluding hydrogens is 340 g/mol. The second-order valence-electron chi connectivity index (χ2n) is 7.11. The predicted octanol–water partition coefficient (Wildman–Crippen LogP) is 3.78. The maximum absolute atomic E-state index is 13.4. The number of nitrogens with zero attached hydrogens (tertiary/aromatic N) is 2. The van der Waals surface area contributed by atoms with E-state index in [1.54, 1.807) is 11.3 Å². The van der Waals surface area contributed by atoms with Crippen molar-refractivity contribution in [2.45, 2.75) is 63.1 Å². The number of aryl methyl sites for hydroxylation is 1. The Labute approximate surface area is 150 Å². The van der Waals surface area contributed by atoms with Crippen molar-refractivity contribution < 1.29 is 5.11 Å². The van der Waals surface area contributed by atoms with Crippen LogP contribution in [0.1, 0.15) is 55.5 Å². The van der Waals surface area contributed by atoms with Crippen LogP contribution < -0.4 is 5.56 Å². The number of fused-ring (bicyclic) bond motifs is 3. The van der Waals surface area contributed by atoms with Gasteiger partial charge in [0.25, 0.3) is 5.56 Å². The van der Waals surface area contributed by atoms with Crippen LogP contribution in [0.5, 0.6) is 0 Å². The highest BCUT2D eigenvalue weighted by molar-refractivity contribution is 7.99. The van der Waals surface area contributed by atoms with Crippen molar-refractivity contribution in [3.8, 4) is 0 Å². The molecule has 0 spiro atoms. The van der Waals surface area contributed by atoms with Gasteiger partial charge in [-0.05, 0) is 43.6 Å². The van der Waals surface area contributed by atoms with Crippen LogP contribution in [0.3, 0.4) is 0 Å². The summed E-state index contributed by atoms with van der Waals surface area (Å²) in [4.78, 5) is 20.5. The first-order valence-corrected chi connectivity index (χ1v) is 10.8. The monoisotopic (exact) mass is 364 g/mol. The van der Waals surface area contributed by atoms with Gasteiger partial charge in [-0.25, -0.2) is 4.98 Å². The maximum atomic E-state index is 13.4. The zero-order valence-electron chi connectivity index (χ0n) is 14.1. The van der Waals surface area contributed by atoms with E-state index in [9.17, 15) is 9.90 Å². The summed E-state index contributed by atoms with van der Waals surface area (Å²) in [6.07, 6.45) is 7.80. The van der Waals surface area contributed by atoms with Crippen LogP contribution in [0, 0.1) is 5.92 Å². The molecule has 4 nitrogen and oxygen atoms in total. The first-order chi connectivity index (χ1) is 11.7. The minimum Gasteiger partial charge on any atom is -0.396 e. The highest BCUT2D eigenvalue weighted by Crippen LogP contribution is 2.38. The van der Waals surface area contributed by atoms with E-state index in [1.165, 1.54) is 41.5 Å². The van der Waals surface area contributed by atoms with Crippen LogP contribution in [0.25, 0.3) is 10.2 Å². The van der Waals surface area contributed by atoms with Crippen molar-refractivity contribution in [1.29, 1.82) is 0 Å². The van der Waals surface area contributed by atoms with Crippen LogP contribution in [0.15, 0.2) is 9.95 Å². The standard InChI is InChI=1S/C18H24N2O2S2/c1-11-6-7-13-14(10-11)24-16-15(13)17(22)20(12-4-2-3-5-12)18(19-16)23-9-8-21/h11-12,21H,2-10H2,1H3/t11-/m1/s1. The van der Waals surface area contributed by atoms with Gasteiger partial charge in [0.1, 0.15) is 4.83 Å². The number of thioether (sulfide) groups is 1. The normalized spacial score (nSPS) is 21.5. The minimum atomic E-state index is 0.113. The molecule has 0 bridgehead atoms. The van der Waals surface area contributed by atoms with Gasteiger partial charge in [-0.15, -0.1) is 11.3 Å². The summed E-state index contributed by atoms with van der Waals surface area (Å²) in [6, 6.07) is 0.286. The maximum Gasteiger partial charge on any atom is 0.263 e. The number of hydrogen-bond acceptors (Lipinski definition) is 5. The average molecular weight is 365 g/mol. The molecule has 2 aliphatic carbocycles. The van der Waals surface area contributed by atoms with Gasteiger partial charge in [-0.3, -0.25) is 9.36 Å². The Morgan fingerprint density at radius 2 is 2.12 bits per heavy atom. The van der Waals surface area contributed by atoms with Crippen LogP contribution in [-0.2, 0) is 12.8 Å². The number of aliphatic hydroxyl groups is 1. The van der Waals surface area contributed by atoms with Gasteiger partial charge >= 0.3 is 0 Å². The van der Waals surface area contributed by atoms with E-state index >= 15 is 0 Å². The molecule has 24 heavy (non-hydrogen) atoms. The summed E-state index contributed by atoms with van der Waals surface area (Å²) in [7, 11) is 0. The largest absolute Gasteiger partial charge is 0.396 e. The van der Waals surface area contributed by atoms with Crippen LogP contribution in [-0.4, -0.2) is 27.0 Å². The summed E-state index contributed by atoms with van der Waals surface area (Å²) in [5.41, 5.74) is 1.44. The predicted molar refractivity (Wildman–Crippen MR) is 100 cm³/mol. The smallest absolute Gasteiger partial charge is 0.263 e. The Hall–Kier alpha value is -0.850. The van der Waals surface area contributed by atoms with Crippen molar-refractivity contribution in [2.75, 3.05) is 12.4 Å². The second kappa shape index (κ2) is 6.81. The molecule has 2 aliphatic rings. The molecule has 6 heteroatoms. The highest BCUT2D eigenvalue weighted by Gasteiger charge is 2.27. The quantitative estimate of drug-likeness (QED) is 0.662. The second-order valence-corrected chi connectivity index (χ2v) is 9.26. The Morgan fingerprint density at radius 3 is 2.88 bits per heavy atom. The summed E-state index contributed by atoms with van der Waals surface area (Å²) in [5.74, 6) is 1.29. The van der Waals surface area contributed by atoms with Gasteiger partial charge in [-0.2, -0.15) is 0 Å². The molecular formula is C18H24N2O2S2. The number of hydrogen-bond donors (Lipinski definition) is 1. The Bertz CT molecular complexity index is 805. The van der Waals surface area contributed by atoms with Gasteiger partial charge in [0.15, 0.2) is 5.16 Å².